The number of nitrogens with one attached hydrogen (secondary N) is 1. The van der Waals surface area contributed by atoms with E-state index in [9.17, 15) is 9.59 Å². The van der Waals surface area contributed by atoms with Crippen molar-refractivity contribution < 1.29 is 14.3 Å². The summed E-state index contributed by atoms with van der Waals surface area (Å²) in [6.07, 6.45) is 5.81. The maximum atomic E-state index is 12.6. The Balaban J connectivity index is 1.60. The van der Waals surface area contributed by atoms with Gasteiger partial charge in [0.15, 0.2) is 0 Å². The smallest absolute Gasteiger partial charge is 0.407 e. The van der Waals surface area contributed by atoms with Crippen LogP contribution in [-0.2, 0) is 16.1 Å². The van der Waals surface area contributed by atoms with Gasteiger partial charge < -0.3 is 15.0 Å². The molecule has 188 valence electrons. The zero-order valence-electron chi connectivity index (χ0n) is 21.4. The molecule has 0 radical (unpaired) electrons. The Bertz CT molecular complexity index is 1010. The Morgan fingerprint density at radius 2 is 1.71 bits per heavy atom. The number of ether oxygens (including phenoxy) is 1. The lowest BCUT2D eigenvalue weighted by atomic mass is 9.87. The van der Waals surface area contributed by atoms with Crippen LogP contribution in [0.3, 0.4) is 0 Å². The molecule has 1 saturated heterocycles. The molecule has 0 bridgehead atoms. The van der Waals surface area contributed by atoms with Crippen molar-refractivity contribution in [3.05, 3.63) is 53.6 Å². The molecule has 2 unspecified atom stereocenters. The first-order chi connectivity index (χ1) is 17.0. The van der Waals surface area contributed by atoms with Gasteiger partial charge >= 0.3 is 6.09 Å². The third-order valence-corrected chi connectivity index (χ3v) is 7.22. The monoisotopic (exact) mass is 477 g/mol. The molecule has 0 aliphatic carbocycles. The lowest BCUT2D eigenvalue weighted by molar-refractivity contribution is -0.117. The summed E-state index contributed by atoms with van der Waals surface area (Å²) in [6, 6.07) is 14.9. The number of benzene rings is 2. The van der Waals surface area contributed by atoms with E-state index in [0.29, 0.717) is 13.0 Å². The maximum Gasteiger partial charge on any atom is 0.407 e. The van der Waals surface area contributed by atoms with E-state index in [1.165, 1.54) is 37.9 Å². The zero-order chi connectivity index (χ0) is 24.8. The minimum absolute atomic E-state index is 0.0277. The number of hydrogen-bond donors (Lipinski definition) is 1. The quantitative estimate of drug-likeness (QED) is 0.527. The van der Waals surface area contributed by atoms with Crippen molar-refractivity contribution in [3.63, 3.8) is 0 Å². The lowest BCUT2D eigenvalue weighted by Crippen LogP contribution is -2.46. The van der Waals surface area contributed by atoms with E-state index in [2.05, 4.69) is 53.5 Å². The van der Waals surface area contributed by atoms with Gasteiger partial charge in [-0.25, -0.2) is 4.79 Å². The number of nitrogens with zero attached hydrogens (tertiary/aromatic N) is 2. The largest absolute Gasteiger partial charge is 0.450 e. The number of rotatable bonds is 7. The molecule has 1 fully saturated rings. The average molecular weight is 478 g/mol. The topological polar surface area (TPSA) is 61.9 Å². The Morgan fingerprint density at radius 3 is 2.37 bits per heavy atom. The van der Waals surface area contributed by atoms with E-state index in [-0.39, 0.29) is 18.0 Å². The van der Waals surface area contributed by atoms with Gasteiger partial charge in [-0.05, 0) is 79.6 Å². The molecule has 6 heteroatoms. The highest BCUT2D eigenvalue weighted by atomic mass is 16.5. The predicted molar refractivity (Wildman–Crippen MR) is 140 cm³/mol. The van der Waals surface area contributed by atoms with Crippen molar-refractivity contribution in [3.8, 4) is 11.1 Å². The number of piperidine rings is 1. The van der Waals surface area contributed by atoms with Gasteiger partial charge in [-0.15, -0.1) is 0 Å². The van der Waals surface area contributed by atoms with Gasteiger partial charge in [-0.1, -0.05) is 50.6 Å². The van der Waals surface area contributed by atoms with Crippen LogP contribution in [0.2, 0.25) is 0 Å². The molecule has 6 nitrogen and oxygen atoms in total. The first-order valence-electron chi connectivity index (χ1n) is 13.2. The molecule has 2 aliphatic heterocycles. The first-order valence-corrected chi connectivity index (χ1v) is 13.2. The number of hydrogen-bond acceptors (Lipinski definition) is 4. The van der Waals surface area contributed by atoms with Crippen LogP contribution >= 0.6 is 0 Å². The molecule has 2 amide bonds. The molecule has 4 rings (SSSR count). The van der Waals surface area contributed by atoms with E-state index in [0.717, 1.165) is 41.8 Å². The standard InChI is InChI=1S/C29H39N3O3/c1-4-17-35-29(34)30-27-19-25(5-2)32(21(3)33)28-14-13-24(18-26(27)28)23-11-9-22(10-12-23)20-31-15-7-6-8-16-31/h9-14,18,25,27H,4-8,15-17,19-20H2,1-3H3,(H,30,34). The van der Waals surface area contributed by atoms with E-state index in [4.69, 9.17) is 4.74 Å². The highest BCUT2D eigenvalue weighted by Crippen LogP contribution is 2.40. The molecule has 35 heavy (non-hydrogen) atoms. The first kappa shape index (κ1) is 25.2. The molecule has 2 heterocycles. The Hall–Kier alpha value is -2.86. The maximum absolute atomic E-state index is 12.6. The summed E-state index contributed by atoms with van der Waals surface area (Å²) in [4.78, 5) is 29.4. The summed E-state index contributed by atoms with van der Waals surface area (Å²) in [5.41, 5.74) is 5.39. The number of fused-ring (bicyclic) bond motifs is 1. The minimum atomic E-state index is -0.401. The molecular weight excluding hydrogens is 438 g/mol. The van der Waals surface area contributed by atoms with Gasteiger partial charge in [0.05, 0.1) is 12.6 Å². The van der Waals surface area contributed by atoms with Crippen LogP contribution in [0.25, 0.3) is 11.1 Å². The van der Waals surface area contributed by atoms with Gasteiger partial charge in [-0.2, -0.15) is 0 Å². The number of alkyl carbamates (subject to hydrolysis) is 1. The zero-order valence-corrected chi connectivity index (χ0v) is 21.4. The molecule has 0 aromatic heterocycles. The lowest BCUT2D eigenvalue weighted by Gasteiger charge is -2.40. The third kappa shape index (κ3) is 6.04. The average Bonchev–Trinajstić information content (AvgIpc) is 2.87. The van der Waals surface area contributed by atoms with Crippen LogP contribution < -0.4 is 10.2 Å². The number of anilines is 1. The minimum Gasteiger partial charge on any atom is -0.450 e. The third-order valence-electron chi connectivity index (χ3n) is 7.22. The van der Waals surface area contributed by atoms with Crippen LogP contribution in [0.15, 0.2) is 42.5 Å². The summed E-state index contributed by atoms with van der Waals surface area (Å²) in [5, 5.41) is 3.06. The Kier molecular flexibility index (Phi) is 8.45. The van der Waals surface area contributed by atoms with Crippen molar-refractivity contribution in [2.45, 2.75) is 77.9 Å². The van der Waals surface area contributed by atoms with E-state index < -0.39 is 6.09 Å². The molecule has 2 aromatic rings. The van der Waals surface area contributed by atoms with Gasteiger partial charge in [0.2, 0.25) is 5.91 Å². The fraction of sp³-hybridized carbons (Fsp3) is 0.517. The molecule has 2 atom stereocenters. The summed E-state index contributed by atoms with van der Waals surface area (Å²) in [7, 11) is 0. The summed E-state index contributed by atoms with van der Waals surface area (Å²) in [6.45, 7) is 9.45. The molecule has 1 N–H and O–H groups in total. The molecular formula is C29H39N3O3. The fourth-order valence-electron chi connectivity index (χ4n) is 5.40. The van der Waals surface area contributed by atoms with Crippen molar-refractivity contribution in [1.29, 1.82) is 0 Å². The van der Waals surface area contributed by atoms with Crippen LogP contribution in [0.1, 0.15) is 76.5 Å². The van der Waals surface area contributed by atoms with Crippen LogP contribution in [0.4, 0.5) is 10.5 Å². The van der Waals surface area contributed by atoms with Gasteiger partial charge in [0.25, 0.3) is 0 Å². The van der Waals surface area contributed by atoms with Crippen LogP contribution in [0.5, 0.6) is 0 Å². The number of carbonyl (C=O) groups excluding carboxylic acids is 2. The number of carbonyl (C=O) groups is 2. The highest BCUT2D eigenvalue weighted by Gasteiger charge is 2.35. The second-order valence-corrected chi connectivity index (χ2v) is 9.83. The highest BCUT2D eigenvalue weighted by molar-refractivity contribution is 5.94. The number of likely N-dealkylation sites (tertiary alicyclic amines) is 1. The fourth-order valence-corrected chi connectivity index (χ4v) is 5.40. The Morgan fingerprint density at radius 1 is 1.00 bits per heavy atom. The molecule has 2 aliphatic rings. The SMILES string of the molecule is CCCOC(=O)NC1CC(CC)N(C(C)=O)c2ccc(-c3ccc(CN4CCCCC4)cc3)cc21. The van der Waals surface area contributed by atoms with Crippen molar-refractivity contribution >= 4 is 17.7 Å². The summed E-state index contributed by atoms with van der Waals surface area (Å²) < 4.78 is 5.31. The summed E-state index contributed by atoms with van der Waals surface area (Å²) >= 11 is 0. The molecule has 2 aromatic carbocycles. The van der Waals surface area contributed by atoms with E-state index >= 15 is 0 Å². The normalized spacial score (nSPS) is 20.3. The second-order valence-electron chi connectivity index (χ2n) is 9.83. The van der Waals surface area contributed by atoms with E-state index in [1.54, 1.807) is 6.92 Å². The van der Waals surface area contributed by atoms with E-state index in [1.807, 2.05) is 17.9 Å². The van der Waals surface area contributed by atoms with Gasteiger partial charge in [0, 0.05) is 25.2 Å². The number of amides is 2. The molecule has 0 spiro atoms. The van der Waals surface area contributed by atoms with Crippen molar-refractivity contribution in [1.82, 2.24) is 10.2 Å². The summed E-state index contributed by atoms with van der Waals surface area (Å²) in [5.74, 6) is 0.0277. The molecule has 0 saturated carbocycles. The van der Waals surface area contributed by atoms with Crippen LogP contribution in [0, 0.1) is 0 Å². The van der Waals surface area contributed by atoms with Crippen LogP contribution in [-0.4, -0.2) is 42.6 Å². The van der Waals surface area contributed by atoms with Crippen molar-refractivity contribution in [2.24, 2.45) is 0 Å². The van der Waals surface area contributed by atoms with Crippen molar-refractivity contribution in [2.75, 3.05) is 24.6 Å². The predicted octanol–water partition coefficient (Wildman–Crippen LogP) is 6.05. The van der Waals surface area contributed by atoms with Gasteiger partial charge in [-0.3, -0.25) is 9.69 Å². The Labute approximate surface area is 209 Å². The second kappa shape index (κ2) is 11.7. The van der Waals surface area contributed by atoms with Gasteiger partial charge in [0.1, 0.15) is 0 Å².